The third-order valence-electron chi connectivity index (χ3n) is 13.3. The number of thioether (sulfide) groups is 1. The summed E-state index contributed by atoms with van der Waals surface area (Å²) in [4.78, 5) is 34.6. The van der Waals surface area contributed by atoms with Gasteiger partial charge in [0.2, 0.25) is 0 Å². The van der Waals surface area contributed by atoms with Crippen molar-refractivity contribution in [3.8, 4) is 23.0 Å². The number of rotatable bonds is 22. The fraction of sp³-hybridized carbons (Fsp3) is 0.429. The molecule has 0 unspecified atom stereocenters. The molecule has 0 bridgehead atoms. The summed E-state index contributed by atoms with van der Waals surface area (Å²) in [5.74, 6) is 1.84. The zero-order valence-electron chi connectivity index (χ0n) is 42.0. The van der Waals surface area contributed by atoms with Crippen LogP contribution >= 0.6 is 11.8 Å². The second-order valence-corrected chi connectivity index (χ2v) is 21.6. The maximum Gasteiger partial charge on any atom is 0.260 e. The molecule has 0 spiro atoms. The number of hydrogen-bond acceptors (Lipinski definition) is 13. The van der Waals surface area contributed by atoms with Crippen molar-refractivity contribution in [3.05, 3.63) is 124 Å². The highest BCUT2D eigenvalue weighted by atomic mass is 32.2. The van der Waals surface area contributed by atoms with Gasteiger partial charge in [-0.1, -0.05) is 50.2 Å². The van der Waals surface area contributed by atoms with Crippen LogP contribution in [0.1, 0.15) is 70.7 Å². The summed E-state index contributed by atoms with van der Waals surface area (Å²) in [5, 5.41) is 7.54. The molecule has 0 saturated heterocycles. The number of carbonyl (C=O) groups is 2. The molecule has 5 aromatic carbocycles. The number of benzene rings is 5. The van der Waals surface area contributed by atoms with E-state index in [1.54, 1.807) is 33.5 Å². The molecule has 15 heteroatoms. The standard InChI is InChI=1S/C56H67N5O9S/c1-36(2)71-56(3,4)35-59(16-17-67-20-21-68-19-18-64-5)41-23-37(33-69-52-29-46-44(27-50(52)65-6)54(62)60-42(31-57-46)25-39-12-8-10-14-48(39)60)22-38(24-41)34-70-53-30-47-45(28-51(53)66-7)55(63)61-43(32-58-47)26-40-13-9-11-15-49(40)61/h8-15,22-24,27-30,36,42-43,57-58H,16-21,25-26,31-35H2,1-7H3/t42-,43-/m0/s1. The number of nitrogens with one attached hydrogen (secondary N) is 2. The van der Waals surface area contributed by atoms with E-state index >= 15 is 0 Å². The van der Waals surface area contributed by atoms with E-state index in [1.165, 1.54) is 11.1 Å². The number of carbonyl (C=O) groups excluding carboxylic acids is 2. The predicted octanol–water partition coefficient (Wildman–Crippen LogP) is 9.26. The molecule has 4 heterocycles. The average molecular weight is 986 g/mol. The van der Waals surface area contributed by atoms with Gasteiger partial charge in [0.05, 0.1) is 81.8 Å². The van der Waals surface area contributed by atoms with Gasteiger partial charge in [0.25, 0.3) is 11.8 Å². The Balaban J connectivity index is 1.00. The molecule has 0 fully saturated rings. The molecule has 2 amide bonds. The Bertz CT molecular complexity index is 2560. The summed E-state index contributed by atoms with van der Waals surface area (Å²) in [6.45, 7) is 14.5. The van der Waals surface area contributed by atoms with Gasteiger partial charge in [0.1, 0.15) is 13.2 Å². The van der Waals surface area contributed by atoms with Gasteiger partial charge in [-0.05, 0) is 96.7 Å². The van der Waals surface area contributed by atoms with E-state index in [9.17, 15) is 9.59 Å². The molecule has 2 atom stereocenters. The van der Waals surface area contributed by atoms with E-state index in [4.69, 9.17) is 33.2 Å². The van der Waals surface area contributed by atoms with Crippen LogP contribution in [0.3, 0.4) is 0 Å². The Morgan fingerprint density at radius 3 is 1.63 bits per heavy atom. The Morgan fingerprint density at radius 1 is 0.648 bits per heavy atom. The number of para-hydroxylation sites is 2. The number of amides is 2. The summed E-state index contributed by atoms with van der Waals surface area (Å²) < 4.78 is 42.0. The van der Waals surface area contributed by atoms with Crippen molar-refractivity contribution in [2.24, 2.45) is 0 Å². The smallest absolute Gasteiger partial charge is 0.260 e. The normalized spacial score (nSPS) is 16.7. The molecule has 9 rings (SSSR count). The molecule has 4 aliphatic heterocycles. The van der Waals surface area contributed by atoms with E-state index in [2.05, 4.69) is 73.6 Å². The fourth-order valence-corrected chi connectivity index (χ4v) is 11.8. The van der Waals surface area contributed by atoms with Crippen molar-refractivity contribution in [2.45, 2.75) is 75.8 Å². The lowest BCUT2D eigenvalue weighted by Crippen LogP contribution is -2.39. The minimum atomic E-state index is -0.103. The van der Waals surface area contributed by atoms with E-state index in [1.807, 2.05) is 70.1 Å². The SMILES string of the molecule is COCCOCCOCCN(CC(C)(C)SC(C)C)c1cc(COc2cc3c(cc2OC)C(=O)N2c4ccccc4C[C@H]2CN3)cc(COc2cc3c(cc2OC)C(=O)N2c4ccccc4C[C@H]2CN3)c1. The lowest BCUT2D eigenvalue weighted by molar-refractivity contribution is 0.0264. The van der Waals surface area contributed by atoms with E-state index < -0.39 is 0 Å². The van der Waals surface area contributed by atoms with Crippen LogP contribution in [-0.4, -0.2) is 114 Å². The molecule has 0 aliphatic carbocycles. The third-order valence-corrected chi connectivity index (χ3v) is 14.6. The monoisotopic (exact) mass is 985 g/mol. The lowest BCUT2D eigenvalue weighted by atomic mass is 10.1. The van der Waals surface area contributed by atoms with Crippen LogP contribution in [0, 0.1) is 0 Å². The van der Waals surface area contributed by atoms with Crippen LogP contribution in [0.5, 0.6) is 23.0 Å². The Labute approximate surface area is 422 Å². The van der Waals surface area contributed by atoms with Crippen molar-refractivity contribution >= 4 is 52.0 Å². The molecule has 0 aromatic heterocycles. The van der Waals surface area contributed by atoms with Gasteiger partial charge >= 0.3 is 0 Å². The molecule has 14 nitrogen and oxygen atoms in total. The largest absolute Gasteiger partial charge is 0.493 e. The quantitative estimate of drug-likeness (QED) is 0.0640. The maximum absolute atomic E-state index is 14.2. The van der Waals surface area contributed by atoms with Crippen LogP contribution in [0.2, 0.25) is 0 Å². The van der Waals surface area contributed by atoms with Crippen LogP contribution in [0.4, 0.5) is 28.4 Å². The predicted molar refractivity (Wildman–Crippen MR) is 282 cm³/mol. The first-order chi connectivity index (χ1) is 34.4. The topological polar surface area (TPSA) is 133 Å². The maximum atomic E-state index is 14.2. The average Bonchev–Trinajstić information content (AvgIpc) is 3.85. The minimum absolute atomic E-state index is 0.00192. The second kappa shape index (κ2) is 22.1. The molecule has 71 heavy (non-hydrogen) atoms. The van der Waals surface area contributed by atoms with Crippen LogP contribution in [0.15, 0.2) is 91.0 Å². The van der Waals surface area contributed by atoms with Crippen LogP contribution in [-0.2, 0) is 40.3 Å². The first-order valence-corrected chi connectivity index (χ1v) is 25.5. The van der Waals surface area contributed by atoms with Gasteiger partial charge in [0.15, 0.2) is 23.0 Å². The molecule has 5 aromatic rings. The van der Waals surface area contributed by atoms with Gasteiger partial charge in [-0.15, -0.1) is 0 Å². The second-order valence-electron chi connectivity index (χ2n) is 19.3. The van der Waals surface area contributed by atoms with Crippen molar-refractivity contribution in [3.63, 3.8) is 0 Å². The molecule has 0 radical (unpaired) electrons. The molecular weight excluding hydrogens is 919 g/mol. The minimum Gasteiger partial charge on any atom is -0.493 e. The summed E-state index contributed by atoms with van der Waals surface area (Å²) in [6, 6.07) is 30.0. The summed E-state index contributed by atoms with van der Waals surface area (Å²) in [6.07, 6.45) is 1.58. The highest BCUT2D eigenvalue weighted by Gasteiger charge is 2.39. The van der Waals surface area contributed by atoms with Crippen molar-refractivity contribution in [2.75, 3.05) is 106 Å². The number of ether oxygens (including phenoxy) is 7. The van der Waals surface area contributed by atoms with Crippen LogP contribution in [0.25, 0.3) is 0 Å². The van der Waals surface area contributed by atoms with Crippen molar-refractivity contribution in [1.29, 1.82) is 0 Å². The molecule has 0 saturated carbocycles. The zero-order valence-corrected chi connectivity index (χ0v) is 42.8. The van der Waals surface area contributed by atoms with Gasteiger partial charge in [-0.25, -0.2) is 0 Å². The lowest BCUT2D eigenvalue weighted by Gasteiger charge is -2.35. The highest BCUT2D eigenvalue weighted by molar-refractivity contribution is 8.01. The fourth-order valence-electron chi connectivity index (χ4n) is 10.3. The van der Waals surface area contributed by atoms with Crippen molar-refractivity contribution in [1.82, 2.24) is 0 Å². The first-order valence-electron chi connectivity index (χ1n) is 24.6. The Kier molecular flexibility index (Phi) is 15.5. The van der Waals surface area contributed by atoms with E-state index in [0.717, 1.165) is 47.6 Å². The van der Waals surface area contributed by atoms with Gasteiger partial charge in [-0.2, -0.15) is 11.8 Å². The molecular formula is C56H67N5O9S. The Hall–Kier alpha value is -6.13. The number of methoxy groups -OCH3 is 3. The summed E-state index contributed by atoms with van der Waals surface area (Å²) >= 11 is 1.94. The molecule has 2 N–H and O–H groups in total. The van der Waals surface area contributed by atoms with Gasteiger partial charge in [0, 0.05) is 67.2 Å². The van der Waals surface area contributed by atoms with E-state index in [-0.39, 0.29) is 41.9 Å². The summed E-state index contributed by atoms with van der Waals surface area (Å²) in [7, 11) is 4.86. The van der Waals surface area contributed by atoms with Gasteiger partial charge in [-0.3, -0.25) is 9.59 Å². The molecule has 4 aliphatic rings. The highest BCUT2D eigenvalue weighted by Crippen LogP contribution is 2.43. The zero-order chi connectivity index (χ0) is 49.6. The van der Waals surface area contributed by atoms with E-state index in [0.29, 0.717) is 103 Å². The number of nitrogens with zero attached hydrogens (tertiary/aromatic N) is 3. The Morgan fingerprint density at radius 2 is 1.14 bits per heavy atom. The number of hydrogen-bond donors (Lipinski definition) is 2. The number of fused-ring (bicyclic) bond motifs is 8. The van der Waals surface area contributed by atoms with Crippen molar-refractivity contribution < 1.29 is 42.7 Å². The summed E-state index contributed by atoms with van der Waals surface area (Å²) in [5.41, 5.74) is 9.54. The van der Waals surface area contributed by atoms with Crippen LogP contribution < -0.4 is 44.3 Å². The number of anilines is 5. The first kappa shape index (κ1) is 49.8. The van der Waals surface area contributed by atoms with Gasteiger partial charge < -0.3 is 58.5 Å². The molecule has 376 valence electrons. The third kappa shape index (κ3) is 11.2.